The Morgan fingerprint density at radius 1 is 1.30 bits per heavy atom. The van der Waals surface area contributed by atoms with Crippen molar-refractivity contribution in [3.8, 4) is 0 Å². The van der Waals surface area contributed by atoms with Crippen molar-refractivity contribution >= 4 is 22.5 Å². The first-order valence-corrected chi connectivity index (χ1v) is 7.86. The van der Waals surface area contributed by atoms with Gasteiger partial charge in [-0.2, -0.15) is 5.10 Å². The summed E-state index contributed by atoms with van der Waals surface area (Å²) in [6.45, 7) is 4.95. The predicted molar refractivity (Wildman–Crippen MR) is 87.6 cm³/mol. The number of carbonyl (C=O) groups is 1. The molecule has 118 valence electrons. The second-order valence-corrected chi connectivity index (χ2v) is 6.44. The number of likely N-dealkylation sites (tertiary alicyclic amines) is 1. The second kappa shape index (κ2) is 4.94. The van der Waals surface area contributed by atoms with E-state index in [-0.39, 0.29) is 17.5 Å². The van der Waals surface area contributed by atoms with E-state index in [1.54, 1.807) is 16.8 Å². The molecule has 2 aromatic heterocycles. The average molecular weight is 310 g/mol. The molecule has 6 nitrogen and oxygen atoms in total. The summed E-state index contributed by atoms with van der Waals surface area (Å²) >= 11 is 0. The maximum atomic E-state index is 12.9. The number of nitrogens with zero attached hydrogens (tertiary/aromatic N) is 3. The number of H-pyrrole nitrogens is 1. The van der Waals surface area contributed by atoms with Crippen LogP contribution in [0.1, 0.15) is 30.6 Å². The molecule has 1 aliphatic rings. The lowest BCUT2D eigenvalue weighted by Gasteiger charge is -2.20. The summed E-state index contributed by atoms with van der Waals surface area (Å²) in [7, 11) is 0. The van der Waals surface area contributed by atoms with E-state index in [2.05, 4.69) is 23.9 Å². The maximum absolute atomic E-state index is 12.9. The monoisotopic (exact) mass is 310 g/mol. The van der Waals surface area contributed by atoms with Gasteiger partial charge in [0.2, 0.25) is 0 Å². The molecule has 0 radical (unpaired) electrons. The highest BCUT2D eigenvalue weighted by atomic mass is 16.2. The summed E-state index contributed by atoms with van der Waals surface area (Å²) in [6, 6.07) is 7.46. The Labute approximate surface area is 132 Å². The zero-order valence-electron chi connectivity index (χ0n) is 13.1. The number of carbonyl (C=O) groups excluding carboxylic acids is 1. The molecule has 4 rings (SSSR count). The van der Waals surface area contributed by atoms with E-state index in [4.69, 9.17) is 0 Å². The molecule has 6 heteroatoms. The lowest BCUT2D eigenvalue weighted by atomic mass is 10.1. The van der Waals surface area contributed by atoms with E-state index < -0.39 is 0 Å². The maximum Gasteiger partial charge on any atom is 0.259 e. The van der Waals surface area contributed by atoms with Crippen molar-refractivity contribution in [3.63, 3.8) is 0 Å². The fourth-order valence-electron chi connectivity index (χ4n) is 3.57. The van der Waals surface area contributed by atoms with Crippen molar-refractivity contribution in [3.05, 3.63) is 46.4 Å². The number of benzene rings is 1. The minimum absolute atomic E-state index is 0.0669. The van der Waals surface area contributed by atoms with Crippen molar-refractivity contribution in [1.29, 1.82) is 0 Å². The van der Waals surface area contributed by atoms with E-state index >= 15 is 0 Å². The first-order chi connectivity index (χ1) is 11.1. The second-order valence-electron chi connectivity index (χ2n) is 6.44. The normalized spacial score (nSPS) is 21.4. The highest BCUT2D eigenvalue weighted by molar-refractivity contribution is 6.00. The summed E-state index contributed by atoms with van der Waals surface area (Å²) in [5.41, 5.74) is 1.41. The molecular weight excluding hydrogens is 292 g/mol. The zero-order chi connectivity index (χ0) is 16.1. The Morgan fingerprint density at radius 3 is 2.83 bits per heavy atom. The summed E-state index contributed by atoms with van der Waals surface area (Å²) in [5, 5.41) is 4.88. The number of fused-ring (bicyclic) bond motifs is 3. The third kappa shape index (κ3) is 2.05. The SMILES string of the molecule is CC1CC(C)N(C(=O)c2cnn3c2[nH]c(=O)c2ccccc23)C1. The fraction of sp³-hybridized carbons (Fsp3) is 0.353. The first-order valence-electron chi connectivity index (χ1n) is 7.86. The van der Waals surface area contributed by atoms with Crippen LogP contribution in [0.2, 0.25) is 0 Å². The average Bonchev–Trinajstić information content (AvgIpc) is 3.10. The first kappa shape index (κ1) is 14.0. The van der Waals surface area contributed by atoms with Gasteiger partial charge >= 0.3 is 0 Å². The van der Waals surface area contributed by atoms with Gasteiger partial charge in [-0.15, -0.1) is 0 Å². The molecule has 3 aromatic rings. The number of rotatable bonds is 1. The summed E-state index contributed by atoms with van der Waals surface area (Å²) in [4.78, 5) is 29.8. The Hall–Kier alpha value is -2.63. The number of aromatic nitrogens is 3. The standard InChI is InChI=1S/C17H18N4O2/c1-10-7-11(2)20(9-10)17(23)13-8-18-21-14-6-4-3-5-12(14)16(22)19-15(13)21/h3-6,8,10-11H,7,9H2,1-2H3,(H,19,22). The summed E-state index contributed by atoms with van der Waals surface area (Å²) in [6.07, 6.45) is 2.56. The van der Waals surface area contributed by atoms with E-state index in [1.807, 2.05) is 23.1 Å². The smallest absolute Gasteiger partial charge is 0.259 e. The van der Waals surface area contributed by atoms with Gasteiger partial charge in [0.1, 0.15) is 11.2 Å². The molecule has 1 amide bonds. The van der Waals surface area contributed by atoms with Crippen LogP contribution in [0.25, 0.3) is 16.6 Å². The van der Waals surface area contributed by atoms with Gasteiger partial charge in [-0.25, -0.2) is 4.52 Å². The van der Waals surface area contributed by atoms with Crippen LogP contribution in [-0.4, -0.2) is 38.0 Å². The molecule has 2 atom stereocenters. The Kier molecular flexibility index (Phi) is 3.01. The number of hydrogen-bond acceptors (Lipinski definition) is 3. The molecule has 1 fully saturated rings. The molecule has 23 heavy (non-hydrogen) atoms. The van der Waals surface area contributed by atoms with Crippen molar-refractivity contribution in [2.24, 2.45) is 5.92 Å². The van der Waals surface area contributed by atoms with Gasteiger partial charge in [0, 0.05) is 12.6 Å². The molecule has 0 aliphatic carbocycles. The van der Waals surface area contributed by atoms with Crippen LogP contribution in [0.15, 0.2) is 35.3 Å². The predicted octanol–water partition coefficient (Wildman–Crippen LogP) is 2.05. The third-order valence-corrected chi connectivity index (χ3v) is 4.65. The van der Waals surface area contributed by atoms with Gasteiger partial charge in [-0.05, 0) is 31.4 Å². The Balaban J connectivity index is 1.89. The molecular formula is C17H18N4O2. The van der Waals surface area contributed by atoms with E-state index in [0.717, 1.165) is 13.0 Å². The number of para-hydroxylation sites is 1. The number of hydrogen-bond donors (Lipinski definition) is 1. The molecule has 1 N–H and O–H groups in total. The number of aromatic amines is 1. The molecule has 0 spiro atoms. The molecule has 3 heterocycles. The number of amides is 1. The topological polar surface area (TPSA) is 70.5 Å². The molecule has 1 aromatic carbocycles. The van der Waals surface area contributed by atoms with E-state index in [0.29, 0.717) is 28.0 Å². The molecule has 0 saturated carbocycles. The number of nitrogens with one attached hydrogen (secondary N) is 1. The minimum atomic E-state index is -0.203. The zero-order valence-corrected chi connectivity index (χ0v) is 13.1. The van der Waals surface area contributed by atoms with Gasteiger partial charge in [0.25, 0.3) is 11.5 Å². The molecule has 0 bridgehead atoms. The van der Waals surface area contributed by atoms with Gasteiger partial charge in [-0.3, -0.25) is 9.59 Å². The van der Waals surface area contributed by atoms with E-state index in [1.165, 1.54) is 0 Å². The van der Waals surface area contributed by atoms with E-state index in [9.17, 15) is 9.59 Å². The Morgan fingerprint density at radius 2 is 2.09 bits per heavy atom. The van der Waals surface area contributed by atoms with Crippen LogP contribution in [0.4, 0.5) is 0 Å². The summed E-state index contributed by atoms with van der Waals surface area (Å²) < 4.78 is 1.63. The van der Waals surface area contributed by atoms with Gasteiger partial charge in [0.05, 0.1) is 17.1 Å². The van der Waals surface area contributed by atoms with Gasteiger partial charge in [0.15, 0.2) is 0 Å². The molecule has 2 unspecified atom stereocenters. The largest absolute Gasteiger partial charge is 0.335 e. The van der Waals surface area contributed by atoms with Crippen molar-refractivity contribution in [1.82, 2.24) is 19.5 Å². The van der Waals surface area contributed by atoms with Crippen LogP contribution < -0.4 is 5.56 Å². The van der Waals surface area contributed by atoms with Crippen LogP contribution in [0.3, 0.4) is 0 Å². The van der Waals surface area contributed by atoms with Crippen molar-refractivity contribution in [2.45, 2.75) is 26.3 Å². The quantitative estimate of drug-likeness (QED) is 0.748. The summed E-state index contributed by atoms with van der Waals surface area (Å²) in [5.74, 6) is 0.429. The molecule has 1 saturated heterocycles. The third-order valence-electron chi connectivity index (χ3n) is 4.65. The highest BCUT2D eigenvalue weighted by Crippen LogP contribution is 2.25. The Bertz CT molecular complexity index is 972. The molecule has 1 aliphatic heterocycles. The van der Waals surface area contributed by atoms with Gasteiger partial charge in [-0.1, -0.05) is 19.1 Å². The lowest BCUT2D eigenvalue weighted by molar-refractivity contribution is 0.0745. The lowest BCUT2D eigenvalue weighted by Crippen LogP contribution is -2.34. The fourth-order valence-corrected chi connectivity index (χ4v) is 3.57. The van der Waals surface area contributed by atoms with Gasteiger partial charge < -0.3 is 9.88 Å². The van der Waals surface area contributed by atoms with Crippen LogP contribution in [-0.2, 0) is 0 Å². The van der Waals surface area contributed by atoms with Crippen LogP contribution in [0, 0.1) is 5.92 Å². The minimum Gasteiger partial charge on any atom is -0.335 e. The highest BCUT2D eigenvalue weighted by Gasteiger charge is 2.32. The van der Waals surface area contributed by atoms with Crippen molar-refractivity contribution in [2.75, 3.05) is 6.54 Å². The van der Waals surface area contributed by atoms with Crippen molar-refractivity contribution < 1.29 is 4.79 Å². The van der Waals surface area contributed by atoms with Crippen LogP contribution in [0.5, 0.6) is 0 Å². The van der Waals surface area contributed by atoms with Crippen LogP contribution >= 0.6 is 0 Å².